The van der Waals surface area contributed by atoms with Gasteiger partial charge in [0.25, 0.3) is 0 Å². The Labute approximate surface area is 75.8 Å². The van der Waals surface area contributed by atoms with E-state index in [-0.39, 0.29) is 12.4 Å². The highest BCUT2D eigenvalue weighted by molar-refractivity contribution is 6.60. The molecule has 0 aliphatic rings. The first kappa shape index (κ1) is 13.9. The lowest BCUT2D eigenvalue weighted by Gasteiger charge is -2.23. The van der Waals surface area contributed by atoms with Gasteiger partial charge in [0.15, 0.2) is 0 Å². The molecule has 0 N–H and O–H groups in total. The molecular formula is C6H17ClO3Si. The van der Waals surface area contributed by atoms with Crippen molar-refractivity contribution in [3.05, 3.63) is 0 Å². The second-order valence-electron chi connectivity index (χ2n) is 2.05. The van der Waals surface area contributed by atoms with Gasteiger partial charge in [-0.15, -0.1) is 12.4 Å². The molecule has 0 radical (unpaired) electrons. The Kier molecular flexibility index (Phi) is 8.95. The molecule has 3 nitrogen and oxygen atoms in total. The molecule has 0 bridgehead atoms. The molecule has 0 saturated carbocycles. The number of rotatable bonds is 5. The molecule has 0 heterocycles. The van der Waals surface area contributed by atoms with E-state index in [9.17, 15) is 0 Å². The zero-order valence-corrected chi connectivity index (χ0v) is 9.36. The predicted molar refractivity (Wildman–Crippen MR) is 49.1 cm³/mol. The van der Waals surface area contributed by atoms with Crippen LogP contribution in [0.1, 0.15) is 13.3 Å². The van der Waals surface area contributed by atoms with Gasteiger partial charge in [-0.1, -0.05) is 13.3 Å². The Bertz CT molecular complexity index is 79.6. The van der Waals surface area contributed by atoms with Gasteiger partial charge < -0.3 is 13.3 Å². The van der Waals surface area contributed by atoms with E-state index in [2.05, 4.69) is 6.92 Å². The summed E-state index contributed by atoms with van der Waals surface area (Å²) in [6.45, 7) is 2.08. The maximum atomic E-state index is 5.17. The van der Waals surface area contributed by atoms with Crippen molar-refractivity contribution in [3.63, 3.8) is 0 Å². The summed E-state index contributed by atoms with van der Waals surface area (Å²) in [7, 11) is 2.68. The van der Waals surface area contributed by atoms with Crippen molar-refractivity contribution in [2.24, 2.45) is 0 Å². The molecule has 0 fully saturated rings. The summed E-state index contributed by atoms with van der Waals surface area (Å²) in [5, 5.41) is 0. The summed E-state index contributed by atoms with van der Waals surface area (Å²) in [5.41, 5.74) is 0. The van der Waals surface area contributed by atoms with E-state index in [1.165, 1.54) is 0 Å². The van der Waals surface area contributed by atoms with Gasteiger partial charge in [-0.2, -0.15) is 0 Å². The van der Waals surface area contributed by atoms with Crippen LogP contribution in [-0.4, -0.2) is 30.1 Å². The Morgan fingerprint density at radius 2 is 1.36 bits per heavy atom. The SMILES string of the molecule is CCC[Si](OC)(OC)OC.Cl. The molecule has 0 aromatic carbocycles. The van der Waals surface area contributed by atoms with Crippen LogP contribution in [0.4, 0.5) is 0 Å². The van der Waals surface area contributed by atoms with E-state index < -0.39 is 8.80 Å². The number of halogens is 1. The maximum Gasteiger partial charge on any atom is 0.500 e. The predicted octanol–water partition coefficient (Wildman–Crippen LogP) is 1.70. The highest BCUT2D eigenvalue weighted by Crippen LogP contribution is 2.13. The van der Waals surface area contributed by atoms with Crippen LogP contribution in [0.25, 0.3) is 0 Å². The molecule has 11 heavy (non-hydrogen) atoms. The van der Waals surface area contributed by atoms with Gasteiger partial charge in [-0.25, -0.2) is 0 Å². The van der Waals surface area contributed by atoms with Crippen molar-refractivity contribution < 1.29 is 13.3 Å². The first-order valence-corrected chi connectivity index (χ1v) is 5.33. The van der Waals surface area contributed by atoms with Gasteiger partial charge in [0, 0.05) is 27.4 Å². The minimum Gasteiger partial charge on any atom is -0.377 e. The van der Waals surface area contributed by atoms with Crippen molar-refractivity contribution in [3.8, 4) is 0 Å². The van der Waals surface area contributed by atoms with Gasteiger partial charge in [0.05, 0.1) is 0 Å². The van der Waals surface area contributed by atoms with Crippen LogP contribution >= 0.6 is 12.4 Å². The fourth-order valence-corrected chi connectivity index (χ4v) is 2.59. The lowest BCUT2D eigenvalue weighted by Crippen LogP contribution is -2.42. The molecule has 0 saturated heterocycles. The smallest absolute Gasteiger partial charge is 0.377 e. The Hall–Kier alpha value is 0.387. The molecule has 70 valence electrons. The third-order valence-corrected chi connectivity index (χ3v) is 4.47. The van der Waals surface area contributed by atoms with E-state index in [0.29, 0.717) is 0 Å². The fourth-order valence-electron chi connectivity index (χ4n) is 0.862. The Morgan fingerprint density at radius 1 is 1.00 bits per heavy atom. The van der Waals surface area contributed by atoms with Gasteiger partial charge in [-0.05, 0) is 0 Å². The molecule has 0 unspecified atom stereocenters. The third-order valence-electron chi connectivity index (χ3n) is 1.49. The zero-order chi connectivity index (χ0) is 8.04. The average Bonchev–Trinajstić information content (AvgIpc) is 2.01. The lowest BCUT2D eigenvalue weighted by molar-refractivity contribution is 0.123. The van der Waals surface area contributed by atoms with Crippen LogP contribution in [0.15, 0.2) is 0 Å². The molecular weight excluding hydrogens is 184 g/mol. The largest absolute Gasteiger partial charge is 0.500 e. The summed E-state index contributed by atoms with van der Waals surface area (Å²) in [4.78, 5) is 0. The van der Waals surface area contributed by atoms with E-state index in [0.717, 1.165) is 12.5 Å². The summed E-state index contributed by atoms with van der Waals surface area (Å²) in [6, 6.07) is 0.885. The van der Waals surface area contributed by atoms with Gasteiger partial charge in [0.1, 0.15) is 0 Å². The zero-order valence-electron chi connectivity index (χ0n) is 7.55. The van der Waals surface area contributed by atoms with Crippen molar-refractivity contribution in [1.29, 1.82) is 0 Å². The molecule has 0 aromatic rings. The summed E-state index contributed by atoms with van der Waals surface area (Å²) in [5.74, 6) is 0. The second kappa shape index (κ2) is 7.06. The third kappa shape index (κ3) is 4.08. The first-order chi connectivity index (χ1) is 4.74. The molecule has 0 atom stereocenters. The monoisotopic (exact) mass is 200 g/mol. The van der Waals surface area contributed by atoms with Crippen LogP contribution in [0.3, 0.4) is 0 Å². The van der Waals surface area contributed by atoms with E-state index in [4.69, 9.17) is 13.3 Å². The maximum absolute atomic E-state index is 5.17. The summed E-state index contributed by atoms with van der Waals surface area (Å²) >= 11 is 0. The minimum absolute atomic E-state index is 0. The van der Waals surface area contributed by atoms with Crippen molar-refractivity contribution in [2.45, 2.75) is 19.4 Å². The second-order valence-corrected chi connectivity index (χ2v) is 5.14. The van der Waals surface area contributed by atoms with E-state index in [1.807, 2.05) is 0 Å². The van der Waals surface area contributed by atoms with Crippen LogP contribution < -0.4 is 0 Å². The molecule has 0 aromatic heterocycles. The number of hydrogen-bond donors (Lipinski definition) is 0. The standard InChI is InChI=1S/C6H16O3Si.ClH/c1-5-6-10(7-2,8-3)9-4;/h5-6H2,1-4H3;1H. The lowest BCUT2D eigenvalue weighted by atomic mass is 10.6. The van der Waals surface area contributed by atoms with Crippen molar-refractivity contribution in [2.75, 3.05) is 21.3 Å². The number of hydrogen-bond acceptors (Lipinski definition) is 3. The van der Waals surface area contributed by atoms with E-state index >= 15 is 0 Å². The normalized spacial score (nSPS) is 10.9. The van der Waals surface area contributed by atoms with Gasteiger partial charge in [-0.3, -0.25) is 0 Å². The summed E-state index contributed by atoms with van der Waals surface area (Å²) in [6.07, 6.45) is 1.03. The first-order valence-electron chi connectivity index (χ1n) is 3.40. The fraction of sp³-hybridized carbons (Fsp3) is 1.00. The minimum atomic E-state index is -2.22. The molecule has 0 aliphatic heterocycles. The highest BCUT2D eigenvalue weighted by atomic mass is 35.5. The average molecular weight is 201 g/mol. The summed E-state index contributed by atoms with van der Waals surface area (Å²) < 4.78 is 15.5. The Balaban J connectivity index is 0. The van der Waals surface area contributed by atoms with Gasteiger partial charge in [0.2, 0.25) is 0 Å². The quantitative estimate of drug-likeness (QED) is 0.633. The van der Waals surface area contributed by atoms with Crippen molar-refractivity contribution >= 4 is 21.2 Å². The van der Waals surface area contributed by atoms with Gasteiger partial charge >= 0.3 is 8.80 Å². The molecule has 0 rings (SSSR count). The van der Waals surface area contributed by atoms with Crippen LogP contribution in [-0.2, 0) is 13.3 Å². The highest BCUT2D eigenvalue weighted by Gasteiger charge is 2.36. The van der Waals surface area contributed by atoms with Crippen molar-refractivity contribution in [1.82, 2.24) is 0 Å². The van der Waals surface area contributed by atoms with Crippen LogP contribution in [0.5, 0.6) is 0 Å². The Morgan fingerprint density at radius 3 is 1.45 bits per heavy atom. The molecule has 5 heteroatoms. The van der Waals surface area contributed by atoms with E-state index in [1.54, 1.807) is 21.3 Å². The van der Waals surface area contributed by atoms with Crippen LogP contribution in [0.2, 0.25) is 6.04 Å². The topological polar surface area (TPSA) is 27.7 Å². The molecule has 0 amide bonds. The molecule has 0 aliphatic carbocycles. The molecule has 0 spiro atoms. The van der Waals surface area contributed by atoms with Crippen LogP contribution in [0, 0.1) is 0 Å².